The molecule has 1 aromatic heterocycles. The average molecular weight is 273 g/mol. The van der Waals surface area contributed by atoms with Crippen LogP contribution in [0.2, 0.25) is 0 Å². The molecule has 0 aliphatic heterocycles. The van der Waals surface area contributed by atoms with Gasteiger partial charge in [0.2, 0.25) is 0 Å². The maximum atomic E-state index is 9.95. The topological polar surface area (TPSA) is 85.2 Å². The number of anilines is 1. The van der Waals surface area contributed by atoms with Crippen LogP contribution in [0.25, 0.3) is 11.5 Å². The summed E-state index contributed by atoms with van der Waals surface area (Å²) in [5.74, 6) is 2.23. The van der Waals surface area contributed by atoms with Gasteiger partial charge in [-0.15, -0.1) is 0 Å². The lowest BCUT2D eigenvalue weighted by molar-refractivity contribution is 0.410. The fourth-order valence-corrected chi connectivity index (χ4v) is 2.92. The molecule has 5 heteroatoms. The van der Waals surface area contributed by atoms with E-state index in [0.717, 1.165) is 24.6 Å². The van der Waals surface area contributed by atoms with Crippen molar-refractivity contribution < 1.29 is 9.63 Å². The summed E-state index contributed by atoms with van der Waals surface area (Å²) in [4.78, 5) is 4.44. The van der Waals surface area contributed by atoms with Gasteiger partial charge in [0, 0.05) is 5.92 Å². The molecule has 0 spiro atoms. The number of nitrogens with zero attached hydrogens (tertiary/aromatic N) is 2. The first kappa shape index (κ1) is 13.0. The van der Waals surface area contributed by atoms with Crippen molar-refractivity contribution in [1.82, 2.24) is 10.1 Å². The predicted octanol–water partition coefficient (Wildman–Crippen LogP) is 3.32. The van der Waals surface area contributed by atoms with Crippen molar-refractivity contribution in [2.75, 3.05) is 5.73 Å². The highest BCUT2D eigenvalue weighted by atomic mass is 16.5. The summed E-state index contributed by atoms with van der Waals surface area (Å²) in [6.07, 6.45) is 4.67. The van der Waals surface area contributed by atoms with Crippen molar-refractivity contribution in [3.63, 3.8) is 0 Å². The average Bonchev–Trinajstić information content (AvgIpc) is 3.09. The van der Waals surface area contributed by atoms with E-state index in [4.69, 9.17) is 10.3 Å². The molecule has 20 heavy (non-hydrogen) atoms. The van der Waals surface area contributed by atoms with E-state index in [1.165, 1.54) is 12.8 Å². The third-order valence-electron chi connectivity index (χ3n) is 4.22. The van der Waals surface area contributed by atoms with Gasteiger partial charge in [0.15, 0.2) is 11.6 Å². The van der Waals surface area contributed by atoms with E-state index in [-0.39, 0.29) is 5.75 Å². The van der Waals surface area contributed by atoms with Crippen molar-refractivity contribution in [1.29, 1.82) is 0 Å². The van der Waals surface area contributed by atoms with Crippen molar-refractivity contribution in [3.05, 3.63) is 24.0 Å². The third-order valence-corrected chi connectivity index (χ3v) is 4.22. The van der Waals surface area contributed by atoms with Gasteiger partial charge in [0.1, 0.15) is 0 Å². The van der Waals surface area contributed by atoms with Crippen molar-refractivity contribution >= 4 is 5.69 Å². The summed E-state index contributed by atoms with van der Waals surface area (Å²) in [5, 5.41) is 14.0. The Balaban J connectivity index is 1.85. The molecule has 3 N–H and O–H groups in total. The van der Waals surface area contributed by atoms with E-state index in [9.17, 15) is 5.11 Å². The molecule has 1 aliphatic rings. The molecule has 0 amide bonds. The molecule has 1 heterocycles. The second-order valence-electron chi connectivity index (χ2n) is 5.49. The Labute approximate surface area is 117 Å². The Kier molecular flexibility index (Phi) is 3.34. The summed E-state index contributed by atoms with van der Waals surface area (Å²) in [7, 11) is 0. The van der Waals surface area contributed by atoms with Crippen LogP contribution >= 0.6 is 0 Å². The number of phenolic OH excluding ortho intramolecular Hbond substituents is 1. The molecular formula is C15H19N3O2. The van der Waals surface area contributed by atoms with Crippen LogP contribution in [-0.4, -0.2) is 15.2 Å². The van der Waals surface area contributed by atoms with Gasteiger partial charge in [-0.2, -0.15) is 4.98 Å². The fraction of sp³-hybridized carbons (Fsp3) is 0.467. The first-order valence-electron chi connectivity index (χ1n) is 7.10. The number of hydrogen-bond donors (Lipinski definition) is 2. The quantitative estimate of drug-likeness (QED) is 0.662. The summed E-state index contributed by atoms with van der Waals surface area (Å²) >= 11 is 0. The first-order valence-corrected chi connectivity index (χ1v) is 7.10. The second kappa shape index (κ2) is 5.15. The minimum Gasteiger partial charge on any atom is -0.505 e. The van der Waals surface area contributed by atoms with E-state index >= 15 is 0 Å². The van der Waals surface area contributed by atoms with Crippen LogP contribution in [0.5, 0.6) is 5.75 Å². The largest absolute Gasteiger partial charge is 0.505 e. The van der Waals surface area contributed by atoms with Crippen LogP contribution in [0.3, 0.4) is 0 Å². The zero-order valence-electron chi connectivity index (χ0n) is 11.5. The lowest BCUT2D eigenvalue weighted by atomic mass is 10.0. The van der Waals surface area contributed by atoms with Crippen molar-refractivity contribution in [3.8, 4) is 17.2 Å². The number of para-hydroxylation sites is 1. The first-order chi connectivity index (χ1) is 9.69. The van der Waals surface area contributed by atoms with E-state index in [1.807, 2.05) is 0 Å². The van der Waals surface area contributed by atoms with Crippen LogP contribution in [0.1, 0.15) is 44.3 Å². The highest BCUT2D eigenvalue weighted by Crippen LogP contribution is 2.40. The van der Waals surface area contributed by atoms with Gasteiger partial charge in [-0.05, 0) is 37.3 Å². The molecule has 0 saturated heterocycles. The number of hydrogen-bond acceptors (Lipinski definition) is 5. The van der Waals surface area contributed by atoms with Crippen LogP contribution < -0.4 is 5.73 Å². The summed E-state index contributed by atoms with van der Waals surface area (Å²) in [5.41, 5.74) is 6.49. The highest BCUT2D eigenvalue weighted by Gasteiger charge is 2.28. The molecule has 106 valence electrons. The van der Waals surface area contributed by atoms with E-state index in [2.05, 4.69) is 17.1 Å². The molecule has 0 radical (unpaired) electrons. The molecule has 1 saturated carbocycles. The van der Waals surface area contributed by atoms with Gasteiger partial charge in [-0.3, -0.25) is 0 Å². The zero-order chi connectivity index (χ0) is 14.1. The van der Waals surface area contributed by atoms with Crippen molar-refractivity contribution in [2.45, 2.75) is 38.5 Å². The SMILES string of the molecule is CCC1CCC(c2noc(-c3cccc(N)c3O)n2)C1. The van der Waals surface area contributed by atoms with Crippen LogP contribution in [0.4, 0.5) is 5.69 Å². The summed E-state index contributed by atoms with van der Waals surface area (Å²) in [6, 6.07) is 5.13. The molecule has 2 aromatic rings. The molecule has 5 nitrogen and oxygen atoms in total. The Morgan fingerprint density at radius 1 is 1.40 bits per heavy atom. The molecule has 1 fully saturated rings. The monoisotopic (exact) mass is 273 g/mol. The smallest absolute Gasteiger partial charge is 0.261 e. The third kappa shape index (κ3) is 2.24. The second-order valence-corrected chi connectivity index (χ2v) is 5.49. The van der Waals surface area contributed by atoms with Gasteiger partial charge in [0.25, 0.3) is 5.89 Å². The van der Waals surface area contributed by atoms with Gasteiger partial charge in [-0.25, -0.2) is 0 Å². The van der Waals surface area contributed by atoms with E-state index in [1.54, 1.807) is 18.2 Å². The maximum absolute atomic E-state index is 9.95. The van der Waals surface area contributed by atoms with Crippen LogP contribution in [0.15, 0.2) is 22.7 Å². The lowest BCUT2D eigenvalue weighted by Crippen LogP contribution is -1.97. The minimum atomic E-state index is 0.000515. The minimum absolute atomic E-state index is 0.000515. The Hall–Kier alpha value is -2.04. The number of nitrogen functional groups attached to an aromatic ring is 1. The number of aromatic nitrogens is 2. The molecular weight excluding hydrogens is 254 g/mol. The van der Waals surface area contributed by atoms with Gasteiger partial charge < -0.3 is 15.4 Å². The molecule has 2 atom stereocenters. The molecule has 1 aliphatic carbocycles. The van der Waals surface area contributed by atoms with E-state index in [0.29, 0.717) is 23.1 Å². The number of rotatable bonds is 3. The van der Waals surface area contributed by atoms with Gasteiger partial charge in [0.05, 0.1) is 11.3 Å². The van der Waals surface area contributed by atoms with Gasteiger partial charge >= 0.3 is 0 Å². The summed E-state index contributed by atoms with van der Waals surface area (Å²) < 4.78 is 5.29. The zero-order valence-corrected chi connectivity index (χ0v) is 11.5. The predicted molar refractivity (Wildman–Crippen MR) is 76.2 cm³/mol. The standard InChI is InChI=1S/C15H19N3O2/c1-2-9-6-7-10(8-9)14-17-15(20-18-14)11-4-3-5-12(16)13(11)19/h3-5,9-10,19H,2,6-8,16H2,1H3. The van der Waals surface area contributed by atoms with Crippen molar-refractivity contribution in [2.24, 2.45) is 5.92 Å². The molecule has 1 aromatic carbocycles. The van der Waals surface area contributed by atoms with Gasteiger partial charge in [-0.1, -0.05) is 24.6 Å². The molecule has 2 unspecified atom stereocenters. The number of aromatic hydroxyl groups is 1. The molecule has 0 bridgehead atoms. The highest BCUT2D eigenvalue weighted by molar-refractivity contribution is 5.71. The Morgan fingerprint density at radius 3 is 3.00 bits per heavy atom. The number of nitrogens with two attached hydrogens (primary N) is 1. The molecule has 3 rings (SSSR count). The van der Waals surface area contributed by atoms with Crippen LogP contribution in [-0.2, 0) is 0 Å². The lowest BCUT2D eigenvalue weighted by Gasteiger charge is -2.04. The normalized spacial score (nSPS) is 22.2. The van der Waals surface area contributed by atoms with E-state index < -0.39 is 0 Å². The summed E-state index contributed by atoms with van der Waals surface area (Å²) in [6.45, 7) is 2.22. The van der Waals surface area contributed by atoms with Crippen LogP contribution in [0, 0.1) is 5.92 Å². The number of benzene rings is 1. The maximum Gasteiger partial charge on any atom is 0.261 e. The Morgan fingerprint density at radius 2 is 2.25 bits per heavy atom. The fourth-order valence-electron chi connectivity index (χ4n) is 2.92. The Bertz CT molecular complexity index is 609. The number of phenols is 1.